The van der Waals surface area contributed by atoms with Crippen LogP contribution in [0.4, 0.5) is 5.82 Å². The van der Waals surface area contributed by atoms with Crippen LogP contribution < -0.4 is 5.32 Å². The molecular formula is C21H30ClN8O9P. The first-order valence-electron chi connectivity index (χ1n) is 12.5. The van der Waals surface area contributed by atoms with Crippen molar-refractivity contribution in [1.29, 1.82) is 0 Å². The SMILES string of the molecule is O=P(O)(O)C(CO)(COCc1nn[nH]n1)OC[C@H]1O[C@@H](c2cnn3c(NC4CCCC4)cc(Cl)nc23)[C@H](O)[C@@H]1O. The average Bonchev–Trinajstić information content (AvgIpc) is 3.71. The highest BCUT2D eigenvalue weighted by Gasteiger charge is 2.51. The molecule has 1 unspecified atom stereocenters. The summed E-state index contributed by atoms with van der Waals surface area (Å²) in [4.78, 5) is 24.3. The van der Waals surface area contributed by atoms with E-state index >= 15 is 0 Å². The second kappa shape index (κ2) is 11.9. The highest BCUT2D eigenvalue weighted by atomic mass is 35.5. The summed E-state index contributed by atoms with van der Waals surface area (Å²) in [5.41, 5.74) is 0.651. The van der Waals surface area contributed by atoms with Gasteiger partial charge >= 0.3 is 7.60 Å². The molecule has 7 N–H and O–H groups in total. The Balaban J connectivity index is 1.31. The first-order valence-corrected chi connectivity index (χ1v) is 14.5. The molecule has 40 heavy (non-hydrogen) atoms. The highest BCUT2D eigenvalue weighted by molar-refractivity contribution is 7.53. The Morgan fingerprint density at radius 3 is 2.73 bits per heavy atom. The van der Waals surface area contributed by atoms with Gasteiger partial charge in [0.2, 0.25) is 5.34 Å². The summed E-state index contributed by atoms with van der Waals surface area (Å²) < 4.78 is 30.5. The Morgan fingerprint density at radius 2 is 2.05 bits per heavy atom. The molecule has 0 bridgehead atoms. The van der Waals surface area contributed by atoms with Crippen molar-refractivity contribution in [2.75, 3.05) is 25.1 Å². The first-order chi connectivity index (χ1) is 19.1. The molecule has 4 heterocycles. The number of ether oxygens (including phenoxy) is 3. The van der Waals surface area contributed by atoms with Crippen LogP contribution in [-0.4, -0.2) is 110 Å². The number of rotatable bonds is 12. The molecule has 1 saturated carbocycles. The van der Waals surface area contributed by atoms with Gasteiger partial charge in [-0.25, -0.2) is 4.98 Å². The minimum Gasteiger partial charge on any atom is -0.393 e. The van der Waals surface area contributed by atoms with Crippen LogP contribution in [0.5, 0.6) is 0 Å². The van der Waals surface area contributed by atoms with Gasteiger partial charge in [0, 0.05) is 17.7 Å². The fraction of sp³-hybridized carbons (Fsp3) is 0.667. The van der Waals surface area contributed by atoms with E-state index in [9.17, 15) is 29.7 Å². The van der Waals surface area contributed by atoms with Gasteiger partial charge in [0.05, 0.1) is 26.0 Å². The maximum atomic E-state index is 12.3. The minimum absolute atomic E-state index is 0.113. The average molecular weight is 605 g/mol. The summed E-state index contributed by atoms with van der Waals surface area (Å²) in [6, 6.07) is 1.92. The van der Waals surface area contributed by atoms with Crippen LogP contribution in [0.3, 0.4) is 0 Å². The Labute approximate surface area is 232 Å². The van der Waals surface area contributed by atoms with E-state index < -0.39 is 57.2 Å². The van der Waals surface area contributed by atoms with Gasteiger partial charge < -0.3 is 44.6 Å². The van der Waals surface area contributed by atoms with Crippen molar-refractivity contribution in [2.45, 2.75) is 68.1 Å². The normalized spacial score (nSPS) is 25.6. The zero-order valence-corrected chi connectivity index (χ0v) is 22.7. The molecule has 3 aromatic heterocycles. The standard InChI is InChI=1S/C21H30ClN8O9P/c22-14-5-16(24-11-3-1-2-4-11)30-20(25-14)12(6-23-30)19-18(33)17(32)13(39-19)7-38-21(9-31,40(34,35)36)10-37-8-15-26-28-29-27-15/h5-6,11,13,17-19,24,31-33H,1-4,7-10H2,(H2,34,35,36)(H,26,27,28,29)/t13-,17-,18-,19+,21?/m1/s1. The highest BCUT2D eigenvalue weighted by Crippen LogP contribution is 2.51. The second-order valence-electron chi connectivity index (χ2n) is 9.78. The number of anilines is 1. The molecule has 0 radical (unpaired) electrons. The zero-order chi connectivity index (χ0) is 28.5. The molecule has 0 spiro atoms. The molecule has 220 valence electrons. The Bertz CT molecular complexity index is 1340. The number of hydrogen-bond donors (Lipinski definition) is 7. The summed E-state index contributed by atoms with van der Waals surface area (Å²) in [5.74, 6) is 0.734. The lowest BCUT2D eigenvalue weighted by Crippen LogP contribution is -2.45. The number of aromatic amines is 1. The van der Waals surface area contributed by atoms with Crippen LogP contribution in [0.25, 0.3) is 5.65 Å². The third kappa shape index (κ3) is 5.85. The molecule has 0 aromatic carbocycles. The van der Waals surface area contributed by atoms with Crippen molar-refractivity contribution in [3.05, 3.63) is 28.8 Å². The van der Waals surface area contributed by atoms with E-state index in [0.29, 0.717) is 17.0 Å². The number of tetrazole rings is 1. The topological polar surface area (TPSA) is 243 Å². The lowest BCUT2D eigenvalue weighted by molar-refractivity contribution is -0.125. The van der Waals surface area contributed by atoms with Crippen LogP contribution in [-0.2, 0) is 25.4 Å². The molecule has 0 amide bonds. The molecule has 5 rings (SSSR count). The van der Waals surface area contributed by atoms with Crippen molar-refractivity contribution < 1.29 is 43.9 Å². The van der Waals surface area contributed by atoms with Crippen LogP contribution in [0.15, 0.2) is 12.3 Å². The van der Waals surface area contributed by atoms with Crippen molar-refractivity contribution in [3.8, 4) is 0 Å². The summed E-state index contributed by atoms with van der Waals surface area (Å²) >= 11 is 6.28. The summed E-state index contributed by atoms with van der Waals surface area (Å²) in [5, 5.41) is 49.8. The molecule has 19 heteroatoms. The molecule has 2 fully saturated rings. The number of halogens is 1. The molecule has 1 aliphatic carbocycles. The monoisotopic (exact) mass is 604 g/mol. The molecule has 17 nitrogen and oxygen atoms in total. The maximum absolute atomic E-state index is 12.3. The van der Waals surface area contributed by atoms with Gasteiger partial charge in [-0.3, -0.25) is 4.57 Å². The molecule has 3 aromatic rings. The molecule has 5 atom stereocenters. The number of hydrogen-bond acceptors (Lipinski definition) is 13. The number of fused-ring (bicyclic) bond motifs is 1. The number of aliphatic hydroxyl groups excluding tert-OH is 3. The van der Waals surface area contributed by atoms with Gasteiger partial charge in [-0.1, -0.05) is 29.7 Å². The minimum atomic E-state index is -5.13. The second-order valence-corrected chi connectivity index (χ2v) is 12.1. The fourth-order valence-corrected chi connectivity index (χ4v) is 5.72. The van der Waals surface area contributed by atoms with Crippen molar-refractivity contribution in [1.82, 2.24) is 35.2 Å². The fourth-order valence-electron chi connectivity index (χ4n) is 4.85. The van der Waals surface area contributed by atoms with Gasteiger partial charge in [0.15, 0.2) is 11.5 Å². The first kappa shape index (κ1) is 29.2. The summed E-state index contributed by atoms with van der Waals surface area (Å²) in [6.45, 7) is -2.74. The lowest BCUT2D eigenvalue weighted by atomic mass is 10.0. The van der Waals surface area contributed by atoms with E-state index in [1.54, 1.807) is 6.07 Å². The van der Waals surface area contributed by atoms with Crippen LogP contribution in [0.1, 0.15) is 43.2 Å². The third-order valence-corrected chi connectivity index (χ3v) is 8.74. The quantitative estimate of drug-likeness (QED) is 0.102. The van der Waals surface area contributed by atoms with E-state index in [1.807, 2.05) is 0 Å². The van der Waals surface area contributed by atoms with Gasteiger partial charge in [0.1, 0.15) is 42.0 Å². The van der Waals surface area contributed by atoms with Gasteiger partial charge in [0.25, 0.3) is 0 Å². The predicted octanol–water partition coefficient (Wildman–Crippen LogP) is -0.488. The van der Waals surface area contributed by atoms with Gasteiger partial charge in [-0.2, -0.15) is 14.8 Å². The number of nitrogens with one attached hydrogen (secondary N) is 2. The third-order valence-electron chi connectivity index (χ3n) is 7.09. The smallest absolute Gasteiger partial charge is 0.361 e. The molecule has 1 aliphatic heterocycles. The molecular weight excluding hydrogens is 575 g/mol. The summed E-state index contributed by atoms with van der Waals surface area (Å²) in [6.07, 6.45) is 0.405. The van der Waals surface area contributed by atoms with Crippen molar-refractivity contribution >= 4 is 30.7 Å². The largest absolute Gasteiger partial charge is 0.393 e. The van der Waals surface area contributed by atoms with Crippen LogP contribution >= 0.6 is 19.2 Å². The number of aliphatic hydroxyl groups is 3. The van der Waals surface area contributed by atoms with Gasteiger partial charge in [-0.05, 0) is 12.8 Å². The molecule has 2 aliphatic rings. The zero-order valence-electron chi connectivity index (χ0n) is 21.1. The van der Waals surface area contributed by atoms with Crippen LogP contribution in [0, 0.1) is 0 Å². The maximum Gasteiger partial charge on any atom is 0.361 e. The molecule has 1 saturated heterocycles. The Kier molecular flexibility index (Phi) is 8.68. The van der Waals surface area contributed by atoms with E-state index in [4.69, 9.17) is 25.8 Å². The van der Waals surface area contributed by atoms with Gasteiger partial charge in [-0.15, -0.1) is 10.2 Å². The Morgan fingerprint density at radius 1 is 1.27 bits per heavy atom. The van der Waals surface area contributed by atoms with E-state index in [-0.39, 0.29) is 23.6 Å². The van der Waals surface area contributed by atoms with E-state index in [1.165, 1.54) is 10.7 Å². The predicted molar refractivity (Wildman–Crippen MR) is 135 cm³/mol. The Hall–Kier alpha value is -2.31. The van der Waals surface area contributed by atoms with E-state index in [2.05, 4.69) is 36.0 Å². The van der Waals surface area contributed by atoms with E-state index in [0.717, 1.165) is 25.7 Å². The van der Waals surface area contributed by atoms with Crippen LogP contribution in [0.2, 0.25) is 5.15 Å². The summed E-state index contributed by atoms with van der Waals surface area (Å²) in [7, 11) is -5.13. The number of aromatic nitrogens is 7. The van der Waals surface area contributed by atoms with Crippen molar-refractivity contribution in [3.63, 3.8) is 0 Å². The lowest BCUT2D eigenvalue weighted by Gasteiger charge is -2.33. The van der Waals surface area contributed by atoms with Crippen molar-refractivity contribution in [2.24, 2.45) is 0 Å². The number of nitrogens with zero attached hydrogens (tertiary/aromatic N) is 6. The number of H-pyrrole nitrogens is 1.